The minimum absolute atomic E-state index is 0. The third-order valence-electron chi connectivity index (χ3n) is 6.25. The number of carbonyl (C=O) groups is 1. The Morgan fingerprint density at radius 2 is 1.78 bits per heavy atom. The van der Waals surface area contributed by atoms with Crippen molar-refractivity contribution in [3.05, 3.63) is 29.3 Å². The van der Waals surface area contributed by atoms with Gasteiger partial charge in [-0.15, -0.1) is 12.4 Å². The molecule has 1 aromatic rings. The highest BCUT2D eigenvalue weighted by molar-refractivity contribution is 7.89. The van der Waals surface area contributed by atoms with Gasteiger partial charge in [-0.1, -0.05) is 17.7 Å². The number of nitrogens with two attached hydrogens (primary N) is 1. The Balaban J connectivity index is 0.00000210. The van der Waals surface area contributed by atoms with Crippen LogP contribution in [0.2, 0.25) is 5.02 Å². The molecule has 0 spiro atoms. The van der Waals surface area contributed by atoms with Crippen molar-refractivity contribution in [1.82, 2.24) is 9.21 Å². The Kier molecular flexibility index (Phi) is 6.08. The van der Waals surface area contributed by atoms with Gasteiger partial charge in [0.05, 0.1) is 10.8 Å². The molecular formula is C18H25Cl2N3O3S. The van der Waals surface area contributed by atoms with Crippen LogP contribution in [-0.4, -0.2) is 55.8 Å². The zero-order valence-electron chi connectivity index (χ0n) is 15.0. The van der Waals surface area contributed by atoms with E-state index in [1.807, 2.05) is 0 Å². The summed E-state index contributed by atoms with van der Waals surface area (Å²) in [4.78, 5) is 14.9. The second-order valence-electron chi connectivity index (χ2n) is 7.62. The first-order chi connectivity index (χ1) is 12.4. The van der Waals surface area contributed by atoms with Gasteiger partial charge in [0.15, 0.2) is 0 Å². The van der Waals surface area contributed by atoms with Gasteiger partial charge in [0.2, 0.25) is 15.9 Å². The van der Waals surface area contributed by atoms with E-state index in [-0.39, 0.29) is 35.2 Å². The lowest BCUT2D eigenvalue weighted by molar-refractivity contribution is -0.139. The van der Waals surface area contributed by atoms with Crippen LogP contribution in [0.3, 0.4) is 0 Å². The normalized spacial score (nSPS) is 31.0. The Labute approximate surface area is 171 Å². The molecule has 6 nitrogen and oxygen atoms in total. The third-order valence-corrected chi connectivity index (χ3v) is 8.38. The van der Waals surface area contributed by atoms with Crippen molar-refractivity contribution in [2.45, 2.75) is 30.2 Å². The second kappa shape index (κ2) is 7.87. The van der Waals surface area contributed by atoms with Gasteiger partial charge in [0.1, 0.15) is 0 Å². The Morgan fingerprint density at radius 3 is 2.37 bits per heavy atom. The SMILES string of the molecule is Cl.NC1C2CCC(C2)C1C(=O)N1CCN(S(=O)(=O)c2cccc(Cl)c2)CC1. The highest BCUT2D eigenvalue weighted by atomic mass is 35.5. The van der Waals surface area contributed by atoms with Crippen molar-refractivity contribution in [2.24, 2.45) is 23.5 Å². The summed E-state index contributed by atoms with van der Waals surface area (Å²) < 4.78 is 27.0. The van der Waals surface area contributed by atoms with Gasteiger partial charge < -0.3 is 10.6 Å². The van der Waals surface area contributed by atoms with Gasteiger partial charge in [-0.25, -0.2) is 8.42 Å². The number of hydrogen-bond acceptors (Lipinski definition) is 4. The van der Waals surface area contributed by atoms with E-state index >= 15 is 0 Å². The fourth-order valence-electron chi connectivity index (χ4n) is 4.84. The molecule has 4 unspecified atom stereocenters. The summed E-state index contributed by atoms with van der Waals surface area (Å²) in [5.41, 5.74) is 6.29. The van der Waals surface area contributed by atoms with Crippen LogP contribution in [-0.2, 0) is 14.8 Å². The van der Waals surface area contributed by atoms with Crippen molar-refractivity contribution >= 4 is 39.9 Å². The fraction of sp³-hybridized carbons (Fsp3) is 0.611. The van der Waals surface area contributed by atoms with E-state index in [9.17, 15) is 13.2 Å². The van der Waals surface area contributed by atoms with E-state index in [0.29, 0.717) is 43.0 Å². The van der Waals surface area contributed by atoms with Gasteiger partial charge in [-0.05, 0) is 49.3 Å². The van der Waals surface area contributed by atoms with E-state index in [4.69, 9.17) is 17.3 Å². The summed E-state index contributed by atoms with van der Waals surface area (Å²) in [7, 11) is -3.59. The maximum absolute atomic E-state index is 12.9. The molecule has 3 fully saturated rings. The van der Waals surface area contributed by atoms with E-state index in [2.05, 4.69) is 0 Å². The van der Waals surface area contributed by atoms with Crippen LogP contribution >= 0.6 is 24.0 Å². The summed E-state index contributed by atoms with van der Waals surface area (Å²) in [5, 5.41) is 0.394. The minimum Gasteiger partial charge on any atom is -0.340 e. The first-order valence-corrected chi connectivity index (χ1v) is 11.0. The van der Waals surface area contributed by atoms with Crippen molar-refractivity contribution < 1.29 is 13.2 Å². The quantitative estimate of drug-likeness (QED) is 0.789. The first-order valence-electron chi connectivity index (χ1n) is 9.18. The number of carbonyl (C=O) groups excluding carboxylic acids is 1. The van der Waals surface area contributed by atoms with Crippen molar-refractivity contribution in [1.29, 1.82) is 0 Å². The molecule has 3 aliphatic rings. The zero-order valence-corrected chi connectivity index (χ0v) is 17.3. The van der Waals surface area contributed by atoms with Crippen molar-refractivity contribution in [2.75, 3.05) is 26.2 Å². The number of benzene rings is 1. The van der Waals surface area contributed by atoms with Gasteiger partial charge in [0.25, 0.3) is 0 Å². The molecule has 1 heterocycles. The van der Waals surface area contributed by atoms with Gasteiger partial charge in [0, 0.05) is 37.2 Å². The summed E-state index contributed by atoms with van der Waals surface area (Å²) in [6, 6.07) is 6.26. The average Bonchev–Trinajstić information content (AvgIpc) is 3.22. The van der Waals surface area contributed by atoms with E-state index in [1.165, 1.54) is 10.4 Å². The summed E-state index contributed by atoms with van der Waals surface area (Å²) in [5.74, 6) is 0.934. The highest BCUT2D eigenvalue weighted by Crippen LogP contribution is 2.48. The number of sulfonamides is 1. The smallest absolute Gasteiger partial charge is 0.243 e. The van der Waals surface area contributed by atoms with Crippen LogP contribution in [0.4, 0.5) is 0 Å². The predicted molar refractivity (Wildman–Crippen MR) is 106 cm³/mol. The average molecular weight is 434 g/mol. The number of piperazine rings is 1. The summed E-state index contributed by atoms with van der Waals surface area (Å²) in [6.45, 7) is 1.44. The molecule has 1 amide bonds. The van der Waals surface area contributed by atoms with Crippen LogP contribution < -0.4 is 5.73 Å². The predicted octanol–water partition coefficient (Wildman–Crippen LogP) is 1.97. The number of halogens is 2. The lowest BCUT2D eigenvalue weighted by Gasteiger charge is -2.38. The van der Waals surface area contributed by atoms with E-state index in [1.54, 1.807) is 23.1 Å². The van der Waals surface area contributed by atoms with Gasteiger partial charge in [-0.2, -0.15) is 4.31 Å². The van der Waals surface area contributed by atoms with Crippen LogP contribution in [0.25, 0.3) is 0 Å². The summed E-state index contributed by atoms with van der Waals surface area (Å²) >= 11 is 5.92. The van der Waals surface area contributed by atoms with Crippen molar-refractivity contribution in [3.63, 3.8) is 0 Å². The summed E-state index contributed by atoms with van der Waals surface area (Å²) in [6.07, 6.45) is 3.31. The number of hydrogen-bond donors (Lipinski definition) is 1. The second-order valence-corrected chi connectivity index (χ2v) is 10.00. The van der Waals surface area contributed by atoms with Crippen LogP contribution in [0.5, 0.6) is 0 Å². The van der Waals surface area contributed by atoms with Crippen LogP contribution in [0.1, 0.15) is 19.3 Å². The molecule has 0 radical (unpaired) electrons. The zero-order chi connectivity index (χ0) is 18.5. The molecule has 4 atom stereocenters. The monoisotopic (exact) mass is 433 g/mol. The highest BCUT2D eigenvalue weighted by Gasteiger charge is 2.50. The molecule has 1 saturated heterocycles. The maximum Gasteiger partial charge on any atom is 0.243 e. The molecule has 2 saturated carbocycles. The van der Waals surface area contributed by atoms with E-state index in [0.717, 1.165) is 19.3 Å². The molecule has 27 heavy (non-hydrogen) atoms. The number of amides is 1. The number of nitrogens with zero attached hydrogens (tertiary/aromatic N) is 2. The molecule has 1 aromatic carbocycles. The lowest BCUT2D eigenvalue weighted by atomic mass is 9.84. The molecule has 150 valence electrons. The molecule has 1 aliphatic heterocycles. The minimum atomic E-state index is -3.59. The molecule has 2 N–H and O–H groups in total. The molecule has 4 rings (SSSR count). The van der Waals surface area contributed by atoms with E-state index < -0.39 is 10.0 Å². The molecule has 0 aromatic heterocycles. The van der Waals surface area contributed by atoms with Crippen LogP contribution in [0.15, 0.2) is 29.2 Å². The number of fused-ring (bicyclic) bond motifs is 2. The van der Waals surface area contributed by atoms with Crippen molar-refractivity contribution in [3.8, 4) is 0 Å². The molecule has 2 bridgehead atoms. The first kappa shape index (κ1) is 20.9. The third kappa shape index (κ3) is 3.72. The Morgan fingerprint density at radius 1 is 1.11 bits per heavy atom. The molecule has 2 aliphatic carbocycles. The fourth-order valence-corrected chi connectivity index (χ4v) is 6.56. The number of rotatable bonds is 3. The Bertz CT molecular complexity index is 810. The van der Waals surface area contributed by atoms with Crippen LogP contribution in [0, 0.1) is 17.8 Å². The standard InChI is InChI=1S/C18H24ClN3O3S.ClH/c19-14-2-1-3-15(11-14)26(24,25)22-8-6-21(7-9-22)18(23)16-12-4-5-13(10-12)17(16)20;/h1-3,11-13,16-17H,4-10,20H2;1H. The van der Waals surface area contributed by atoms with Gasteiger partial charge >= 0.3 is 0 Å². The lowest BCUT2D eigenvalue weighted by Crippen LogP contribution is -2.54. The Hall–Kier alpha value is -0.860. The molecular weight excluding hydrogens is 409 g/mol. The molecule has 9 heteroatoms. The van der Waals surface area contributed by atoms with Gasteiger partial charge in [-0.3, -0.25) is 4.79 Å². The largest absolute Gasteiger partial charge is 0.340 e. The maximum atomic E-state index is 12.9. The topological polar surface area (TPSA) is 83.7 Å².